The largest absolute Gasteiger partial charge is 0.349 e. The lowest BCUT2D eigenvalue weighted by molar-refractivity contribution is 0.0917. The van der Waals surface area contributed by atoms with Crippen LogP contribution >= 0.6 is 11.6 Å². The molecule has 148 valence electrons. The van der Waals surface area contributed by atoms with E-state index in [4.69, 9.17) is 11.6 Å². The van der Waals surface area contributed by atoms with Crippen molar-refractivity contribution in [3.05, 3.63) is 70.7 Å². The Labute approximate surface area is 171 Å². The number of amides is 3. The van der Waals surface area contributed by atoms with Gasteiger partial charge in [-0.05, 0) is 49.1 Å². The summed E-state index contributed by atoms with van der Waals surface area (Å²) in [5, 5.41) is 6.86. The molecular formula is C22H26ClN3O2. The lowest BCUT2D eigenvalue weighted by atomic mass is 10.0. The van der Waals surface area contributed by atoms with Crippen LogP contribution in [0.2, 0.25) is 5.02 Å². The van der Waals surface area contributed by atoms with Gasteiger partial charge in [0.15, 0.2) is 0 Å². The monoisotopic (exact) mass is 399 g/mol. The van der Waals surface area contributed by atoms with Crippen LogP contribution < -0.4 is 10.6 Å². The summed E-state index contributed by atoms with van der Waals surface area (Å²) in [6, 6.07) is 16.8. The number of nitrogens with zero attached hydrogens (tertiary/aromatic N) is 1. The van der Waals surface area contributed by atoms with Crippen molar-refractivity contribution in [3.63, 3.8) is 0 Å². The molecule has 0 aromatic heterocycles. The van der Waals surface area contributed by atoms with E-state index in [1.165, 1.54) is 0 Å². The zero-order valence-corrected chi connectivity index (χ0v) is 16.8. The van der Waals surface area contributed by atoms with Crippen LogP contribution in [0.5, 0.6) is 0 Å². The molecular weight excluding hydrogens is 374 g/mol. The molecule has 3 rings (SSSR count). The quantitative estimate of drug-likeness (QED) is 0.782. The van der Waals surface area contributed by atoms with Gasteiger partial charge < -0.3 is 15.5 Å². The standard InChI is InChI=1S/C22H26ClN3O2/c1-2-20(16-8-10-18(23)11-9-16)25-22(28)26-14-12-19(13-15-26)24-21(27)17-6-4-3-5-7-17/h3-11,19-20H,2,12-15H2,1H3,(H,24,27)(H,25,28). The van der Waals surface area contributed by atoms with Gasteiger partial charge in [0.25, 0.3) is 5.91 Å². The molecule has 0 aliphatic carbocycles. The van der Waals surface area contributed by atoms with Crippen molar-refractivity contribution >= 4 is 23.5 Å². The van der Waals surface area contributed by atoms with Gasteiger partial charge in [0.05, 0.1) is 6.04 Å². The third-order valence-corrected chi connectivity index (χ3v) is 5.38. The van der Waals surface area contributed by atoms with Gasteiger partial charge in [-0.2, -0.15) is 0 Å². The minimum absolute atomic E-state index is 0.0414. The van der Waals surface area contributed by atoms with Crippen molar-refractivity contribution in [1.82, 2.24) is 15.5 Å². The van der Waals surface area contributed by atoms with Gasteiger partial charge in [0, 0.05) is 29.7 Å². The van der Waals surface area contributed by atoms with E-state index in [1.54, 1.807) is 12.1 Å². The highest BCUT2D eigenvalue weighted by molar-refractivity contribution is 6.30. The summed E-state index contributed by atoms with van der Waals surface area (Å²) in [6.45, 7) is 3.30. The number of carbonyl (C=O) groups is 2. The first kappa shape index (κ1) is 20.2. The number of likely N-dealkylation sites (tertiary alicyclic amines) is 1. The maximum absolute atomic E-state index is 12.7. The highest BCUT2D eigenvalue weighted by atomic mass is 35.5. The third-order valence-electron chi connectivity index (χ3n) is 5.13. The molecule has 6 heteroatoms. The third kappa shape index (κ3) is 5.26. The van der Waals surface area contributed by atoms with E-state index in [1.807, 2.05) is 54.3 Å². The number of halogens is 1. The number of benzene rings is 2. The van der Waals surface area contributed by atoms with Crippen LogP contribution in [0.1, 0.15) is 48.1 Å². The van der Waals surface area contributed by atoms with Gasteiger partial charge in [0.1, 0.15) is 0 Å². The predicted molar refractivity (Wildman–Crippen MR) is 112 cm³/mol. The average molecular weight is 400 g/mol. The molecule has 5 nitrogen and oxygen atoms in total. The SMILES string of the molecule is CCC(NC(=O)N1CCC(NC(=O)c2ccccc2)CC1)c1ccc(Cl)cc1. The summed E-state index contributed by atoms with van der Waals surface area (Å²) in [4.78, 5) is 26.8. The van der Waals surface area contributed by atoms with Crippen molar-refractivity contribution in [2.75, 3.05) is 13.1 Å². The summed E-state index contributed by atoms with van der Waals surface area (Å²) < 4.78 is 0. The van der Waals surface area contributed by atoms with Crippen molar-refractivity contribution in [1.29, 1.82) is 0 Å². The van der Waals surface area contributed by atoms with Crippen molar-refractivity contribution in [2.24, 2.45) is 0 Å². The number of hydrogen-bond acceptors (Lipinski definition) is 2. The molecule has 1 unspecified atom stereocenters. The zero-order chi connectivity index (χ0) is 19.9. The first-order valence-electron chi connectivity index (χ1n) is 9.73. The Morgan fingerprint density at radius 2 is 1.71 bits per heavy atom. The Morgan fingerprint density at radius 3 is 2.32 bits per heavy atom. The molecule has 2 aromatic rings. The fourth-order valence-corrected chi connectivity index (χ4v) is 3.57. The molecule has 0 bridgehead atoms. The second-order valence-electron chi connectivity index (χ2n) is 7.06. The molecule has 28 heavy (non-hydrogen) atoms. The van der Waals surface area contributed by atoms with Crippen LogP contribution in [0.25, 0.3) is 0 Å². The van der Waals surface area contributed by atoms with E-state index in [0.717, 1.165) is 24.8 Å². The van der Waals surface area contributed by atoms with E-state index >= 15 is 0 Å². The number of piperidine rings is 1. The molecule has 0 spiro atoms. The van der Waals surface area contributed by atoms with E-state index in [0.29, 0.717) is 23.7 Å². The highest BCUT2D eigenvalue weighted by Gasteiger charge is 2.25. The molecule has 0 radical (unpaired) electrons. The second-order valence-corrected chi connectivity index (χ2v) is 7.50. The zero-order valence-electron chi connectivity index (χ0n) is 16.0. The predicted octanol–water partition coefficient (Wildman–Crippen LogP) is 4.40. The molecule has 1 aliphatic heterocycles. The molecule has 2 aromatic carbocycles. The number of urea groups is 1. The smallest absolute Gasteiger partial charge is 0.317 e. The number of carbonyl (C=O) groups excluding carboxylic acids is 2. The molecule has 1 atom stereocenters. The van der Waals surface area contributed by atoms with Gasteiger partial charge in [0.2, 0.25) is 0 Å². The highest BCUT2D eigenvalue weighted by Crippen LogP contribution is 2.20. The summed E-state index contributed by atoms with van der Waals surface area (Å²) in [5.41, 5.74) is 1.71. The van der Waals surface area contributed by atoms with Crippen LogP contribution in [0, 0.1) is 0 Å². The molecule has 1 aliphatic rings. The first-order chi connectivity index (χ1) is 13.6. The maximum Gasteiger partial charge on any atom is 0.317 e. The van der Waals surface area contributed by atoms with Crippen molar-refractivity contribution in [2.45, 2.75) is 38.3 Å². The lowest BCUT2D eigenvalue weighted by Gasteiger charge is -2.33. The number of rotatable bonds is 5. The summed E-state index contributed by atoms with van der Waals surface area (Å²) in [6.07, 6.45) is 2.31. The molecule has 2 N–H and O–H groups in total. The molecule has 1 heterocycles. The van der Waals surface area contributed by atoms with Crippen LogP contribution in [-0.2, 0) is 0 Å². The van der Waals surface area contributed by atoms with E-state index in [-0.39, 0.29) is 24.0 Å². The Hall–Kier alpha value is -2.53. The Morgan fingerprint density at radius 1 is 1.07 bits per heavy atom. The molecule has 1 fully saturated rings. The Balaban J connectivity index is 1.49. The van der Waals surface area contributed by atoms with Crippen LogP contribution in [0.3, 0.4) is 0 Å². The summed E-state index contributed by atoms with van der Waals surface area (Å²) in [7, 11) is 0. The fraction of sp³-hybridized carbons (Fsp3) is 0.364. The normalized spacial score (nSPS) is 15.7. The first-order valence-corrected chi connectivity index (χ1v) is 10.1. The summed E-state index contributed by atoms with van der Waals surface area (Å²) >= 11 is 5.95. The molecule has 0 saturated carbocycles. The Bertz CT molecular complexity index is 787. The number of nitrogens with one attached hydrogen (secondary N) is 2. The van der Waals surface area contributed by atoms with Crippen LogP contribution in [0.4, 0.5) is 4.79 Å². The van der Waals surface area contributed by atoms with Gasteiger partial charge >= 0.3 is 6.03 Å². The van der Waals surface area contributed by atoms with E-state index in [9.17, 15) is 9.59 Å². The van der Waals surface area contributed by atoms with Gasteiger partial charge in [-0.25, -0.2) is 4.79 Å². The lowest BCUT2D eigenvalue weighted by Crippen LogP contribution is -2.50. The van der Waals surface area contributed by atoms with Crippen molar-refractivity contribution < 1.29 is 9.59 Å². The van der Waals surface area contributed by atoms with Gasteiger partial charge in [-0.15, -0.1) is 0 Å². The fourth-order valence-electron chi connectivity index (χ4n) is 3.44. The van der Waals surface area contributed by atoms with Gasteiger partial charge in [-0.1, -0.05) is 48.9 Å². The van der Waals surface area contributed by atoms with Crippen LogP contribution in [-0.4, -0.2) is 36.0 Å². The number of hydrogen-bond donors (Lipinski definition) is 2. The second kappa shape index (κ2) is 9.60. The molecule has 3 amide bonds. The maximum atomic E-state index is 12.7. The minimum Gasteiger partial charge on any atom is -0.349 e. The average Bonchev–Trinajstić information content (AvgIpc) is 2.73. The van der Waals surface area contributed by atoms with E-state index < -0.39 is 0 Å². The molecule has 1 saturated heterocycles. The van der Waals surface area contributed by atoms with Crippen molar-refractivity contribution in [3.8, 4) is 0 Å². The Kier molecular flexibility index (Phi) is 6.93. The van der Waals surface area contributed by atoms with Crippen LogP contribution in [0.15, 0.2) is 54.6 Å². The van der Waals surface area contributed by atoms with Gasteiger partial charge in [-0.3, -0.25) is 4.79 Å². The minimum atomic E-state index is -0.0605. The topological polar surface area (TPSA) is 61.4 Å². The van der Waals surface area contributed by atoms with E-state index in [2.05, 4.69) is 10.6 Å². The summed E-state index contributed by atoms with van der Waals surface area (Å²) in [5.74, 6) is -0.0581.